The number of nitrogens with zero attached hydrogens (tertiary/aromatic N) is 1. The molecule has 0 heterocycles. The van der Waals surface area contributed by atoms with E-state index in [0.29, 0.717) is 23.6 Å². The van der Waals surface area contributed by atoms with Crippen molar-refractivity contribution in [2.75, 3.05) is 5.32 Å². The first kappa shape index (κ1) is 20.9. The predicted octanol–water partition coefficient (Wildman–Crippen LogP) is 5.74. The van der Waals surface area contributed by atoms with Crippen molar-refractivity contribution < 1.29 is 9.53 Å². The maximum Gasteiger partial charge on any atom is 0.266 e. The van der Waals surface area contributed by atoms with E-state index in [9.17, 15) is 10.1 Å². The van der Waals surface area contributed by atoms with Gasteiger partial charge in [-0.05, 0) is 50.6 Å². The molecule has 3 aromatic carbocycles. The molecule has 0 bridgehead atoms. The van der Waals surface area contributed by atoms with E-state index in [1.807, 2.05) is 61.5 Å². The molecule has 3 rings (SSSR count). The van der Waals surface area contributed by atoms with Gasteiger partial charge in [0.2, 0.25) is 0 Å². The fourth-order valence-electron chi connectivity index (χ4n) is 3.18. The van der Waals surface area contributed by atoms with Crippen molar-refractivity contribution in [2.45, 2.75) is 27.4 Å². The Morgan fingerprint density at radius 2 is 1.63 bits per heavy atom. The molecule has 1 amide bonds. The number of anilines is 1. The van der Waals surface area contributed by atoms with E-state index in [1.54, 1.807) is 6.08 Å². The minimum absolute atomic E-state index is 0.0121. The van der Waals surface area contributed by atoms with Gasteiger partial charge < -0.3 is 10.1 Å². The fourth-order valence-corrected chi connectivity index (χ4v) is 3.18. The average Bonchev–Trinajstić information content (AvgIpc) is 2.72. The van der Waals surface area contributed by atoms with Gasteiger partial charge in [0.05, 0.1) is 0 Å². The van der Waals surface area contributed by atoms with Crippen molar-refractivity contribution >= 4 is 17.7 Å². The maximum atomic E-state index is 12.6. The first-order valence-corrected chi connectivity index (χ1v) is 9.73. The van der Waals surface area contributed by atoms with E-state index in [4.69, 9.17) is 4.74 Å². The molecule has 0 spiro atoms. The van der Waals surface area contributed by atoms with Crippen LogP contribution in [0.5, 0.6) is 5.75 Å². The molecule has 3 aromatic rings. The fraction of sp³-hybridized carbons (Fsp3) is 0.154. The molecule has 0 aliphatic rings. The zero-order valence-electron chi connectivity index (χ0n) is 17.4. The zero-order valence-corrected chi connectivity index (χ0v) is 17.4. The van der Waals surface area contributed by atoms with E-state index in [1.165, 1.54) is 11.1 Å². The van der Waals surface area contributed by atoms with Crippen LogP contribution in [-0.4, -0.2) is 5.91 Å². The smallest absolute Gasteiger partial charge is 0.266 e. The second-order valence-corrected chi connectivity index (χ2v) is 7.31. The lowest BCUT2D eigenvalue weighted by Gasteiger charge is -2.11. The molecular formula is C26H24N2O2. The summed E-state index contributed by atoms with van der Waals surface area (Å²) in [5, 5.41) is 12.3. The molecule has 0 saturated heterocycles. The first-order chi connectivity index (χ1) is 14.4. The molecule has 0 fully saturated rings. The summed E-state index contributed by atoms with van der Waals surface area (Å²) < 4.78 is 6.00. The van der Waals surface area contributed by atoms with Crippen LogP contribution in [0.1, 0.15) is 27.8 Å². The molecule has 0 atom stereocenters. The van der Waals surface area contributed by atoms with Crippen LogP contribution in [0.25, 0.3) is 6.08 Å². The molecule has 1 N–H and O–H groups in total. The van der Waals surface area contributed by atoms with Crippen LogP contribution in [0, 0.1) is 32.1 Å². The summed E-state index contributed by atoms with van der Waals surface area (Å²) in [5.41, 5.74) is 5.87. The summed E-state index contributed by atoms with van der Waals surface area (Å²) in [5.74, 6) is 0.165. The lowest BCUT2D eigenvalue weighted by Crippen LogP contribution is -2.13. The highest BCUT2D eigenvalue weighted by Crippen LogP contribution is 2.23. The number of hydrogen-bond donors (Lipinski definition) is 1. The minimum Gasteiger partial charge on any atom is -0.488 e. The van der Waals surface area contributed by atoms with Crippen molar-refractivity contribution in [3.8, 4) is 11.8 Å². The molecular weight excluding hydrogens is 372 g/mol. The number of benzene rings is 3. The standard InChI is InChI=1S/C26H24N2O2/c1-18-8-10-24(11-9-18)28-26(29)23(16-27)15-22-6-4-5-7-25(22)30-17-21-13-19(2)12-20(3)14-21/h4-15H,17H2,1-3H3,(H,28,29)/b23-15+. The van der Waals surface area contributed by atoms with Crippen LogP contribution in [0.4, 0.5) is 5.69 Å². The number of hydrogen-bond acceptors (Lipinski definition) is 3. The van der Waals surface area contributed by atoms with Gasteiger partial charge in [0.15, 0.2) is 0 Å². The van der Waals surface area contributed by atoms with Crippen LogP contribution in [0.2, 0.25) is 0 Å². The Labute approximate surface area is 177 Å². The van der Waals surface area contributed by atoms with Crippen molar-refractivity contribution in [3.05, 3.63) is 100 Å². The first-order valence-electron chi connectivity index (χ1n) is 9.73. The van der Waals surface area contributed by atoms with E-state index >= 15 is 0 Å². The molecule has 0 aliphatic carbocycles. The highest BCUT2D eigenvalue weighted by atomic mass is 16.5. The van der Waals surface area contributed by atoms with Gasteiger partial charge in [-0.15, -0.1) is 0 Å². The highest BCUT2D eigenvalue weighted by Gasteiger charge is 2.11. The van der Waals surface area contributed by atoms with E-state index in [-0.39, 0.29) is 5.57 Å². The lowest BCUT2D eigenvalue weighted by atomic mass is 10.1. The quantitative estimate of drug-likeness (QED) is 0.427. The topological polar surface area (TPSA) is 62.1 Å². The van der Waals surface area contributed by atoms with Crippen LogP contribution < -0.4 is 10.1 Å². The van der Waals surface area contributed by atoms with Crippen molar-refractivity contribution in [1.82, 2.24) is 0 Å². The Balaban J connectivity index is 1.78. The monoisotopic (exact) mass is 396 g/mol. The number of nitriles is 1. The molecule has 0 aliphatic heterocycles. The van der Waals surface area contributed by atoms with Crippen molar-refractivity contribution in [2.24, 2.45) is 0 Å². The number of ether oxygens (including phenoxy) is 1. The van der Waals surface area contributed by atoms with Gasteiger partial charge >= 0.3 is 0 Å². The molecule has 4 nitrogen and oxygen atoms in total. The third-order valence-electron chi connectivity index (χ3n) is 4.57. The van der Waals surface area contributed by atoms with Crippen LogP contribution in [-0.2, 0) is 11.4 Å². The van der Waals surface area contributed by atoms with Gasteiger partial charge in [0.1, 0.15) is 24.0 Å². The molecule has 0 radical (unpaired) electrons. The second kappa shape index (κ2) is 9.58. The Bertz CT molecular complexity index is 1100. The number of carbonyl (C=O) groups excluding carboxylic acids is 1. The summed E-state index contributed by atoms with van der Waals surface area (Å²) in [6, 6.07) is 23.1. The van der Waals surface area contributed by atoms with Crippen LogP contribution in [0.3, 0.4) is 0 Å². The van der Waals surface area contributed by atoms with Gasteiger partial charge in [-0.2, -0.15) is 5.26 Å². The van der Waals surface area contributed by atoms with E-state index in [2.05, 4.69) is 37.4 Å². The number of amides is 1. The molecule has 0 unspecified atom stereocenters. The van der Waals surface area contributed by atoms with Gasteiger partial charge in [0.25, 0.3) is 5.91 Å². The number of carbonyl (C=O) groups is 1. The third-order valence-corrected chi connectivity index (χ3v) is 4.57. The molecule has 0 saturated carbocycles. The van der Waals surface area contributed by atoms with Crippen LogP contribution >= 0.6 is 0 Å². The largest absolute Gasteiger partial charge is 0.488 e. The Hall–Kier alpha value is -3.84. The summed E-state index contributed by atoms with van der Waals surface area (Å²) in [7, 11) is 0. The number of nitrogens with one attached hydrogen (secondary N) is 1. The summed E-state index contributed by atoms with van der Waals surface area (Å²) in [4.78, 5) is 12.6. The Kier molecular flexibility index (Phi) is 6.67. The average molecular weight is 396 g/mol. The van der Waals surface area contributed by atoms with Gasteiger partial charge in [-0.1, -0.05) is 65.2 Å². The van der Waals surface area contributed by atoms with E-state index in [0.717, 1.165) is 11.1 Å². The molecule has 0 aromatic heterocycles. The van der Waals surface area contributed by atoms with E-state index < -0.39 is 5.91 Å². The van der Waals surface area contributed by atoms with Gasteiger partial charge in [0, 0.05) is 11.3 Å². The third kappa shape index (κ3) is 5.59. The molecule has 4 heteroatoms. The minimum atomic E-state index is -0.453. The summed E-state index contributed by atoms with van der Waals surface area (Å²) >= 11 is 0. The molecule has 150 valence electrons. The summed E-state index contributed by atoms with van der Waals surface area (Å²) in [6.45, 7) is 6.49. The van der Waals surface area contributed by atoms with Gasteiger partial charge in [-0.3, -0.25) is 4.79 Å². The Morgan fingerprint density at radius 1 is 0.967 bits per heavy atom. The highest BCUT2D eigenvalue weighted by molar-refractivity contribution is 6.09. The maximum absolute atomic E-state index is 12.6. The number of rotatable bonds is 6. The van der Waals surface area contributed by atoms with Crippen LogP contribution in [0.15, 0.2) is 72.3 Å². The lowest BCUT2D eigenvalue weighted by molar-refractivity contribution is -0.112. The predicted molar refractivity (Wildman–Crippen MR) is 120 cm³/mol. The SMILES string of the molecule is Cc1ccc(NC(=O)/C(C#N)=C/c2ccccc2OCc2cc(C)cc(C)c2)cc1. The Morgan fingerprint density at radius 3 is 2.30 bits per heavy atom. The number of aryl methyl sites for hydroxylation is 3. The van der Waals surface area contributed by atoms with Crippen molar-refractivity contribution in [1.29, 1.82) is 5.26 Å². The summed E-state index contributed by atoms with van der Waals surface area (Å²) in [6.07, 6.45) is 1.56. The normalized spacial score (nSPS) is 10.9. The molecule has 30 heavy (non-hydrogen) atoms. The zero-order chi connectivity index (χ0) is 21.5. The van der Waals surface area contributed by atoms with Gasteiger partial charge in [-0.25, -0.2) is 0 Å². The van der Waals surface area contributed by atoms with Crippen molar-refractivity contribution in [3.63, 3.8) is 0 Å². The second-order valence-electron chi connectivity index (χ2n) is 7.31. The number of para-hydroxylation sites is 1.